The molecule has 0 atom stereocenters. The van der Waals surface area contributed by atoms with Gasteiger partial charge in [0.25, 0.3) is 0 Å². The second-order valence-corrected chi connectivity index (χ2v) is 16.1. The Kier molecular flexibility index (Phi) is 6.14. The van der Waals surface area contributed by atoms with Gasteiger partial charge in [-0.05, 0) is 125 Å². The van der Waals surface area contributed by atoms with E-state index in [1.54, 1.807) is 0 Å². The van der Waals surface area contributed by atoms with Crippen LogP contribution in [0.15, 0.2) is 164 Å². The molecular weight excluding hydrogens is 639 g/mol. The number of benzene rings is 9. The first kappa shape index (κ1) is 30.4. The van der Waals surface area contributed by atoms with Gasteiger partial charge in [-0.3, -0.25) is 0 Å². The smallest absolute Gasteiger partial charge is 0.0543 e. The summed E-state index contributed by atoms with van der Waals surface area (Å²) in [7, 11) is 0. The van der Waals surface area contributed by atoms with E-state index in [1.807, 2.05) is 0 Å². The minimum absolute atomic E-state index is 0.115. The van der Waals surface area contributed by atoms with E-state index in [2.05, 4.69) is 196 Å². The molecule has 1 heteroatoms. The number of anilines is 3. The first-order valence-electron chi connectivity index (χ1n) is 18.9. The van der Waals surface area contributed by atoms with Gasteiger partial charge in [-0.15, -0.1) is 0 Å². The van der Waals surface area contributed by atoms with Crippen molar-refractivity contribution in [2.24, 2.45) is 0 Å². The quantitative estimate of drug-likeness (QED) is 0.180. The van der Waals surface area contributed by atoms with Gasteiger partial charge in [0.15, 0.2) is 0 Å². The van der Waals surface area contributed by atoms with Crippen LogP contribution in [0.4, 0.5) is 17.1 Å². The molecule has 0 radical (unpaired) electrons. The van der Waals surface area contributed by atoms with Crippen molar-refractivity contribution in [3.63, 3.8) is 0 Å². The predicted molar refractivity (Wildman–Crippen MR) is 226 cm³/mol. The largest absolute Gasteiger partial charge is 0.310 e. The Bertz CT molecular complexity index is 3000. The molecule has 53 heavy (non-hydrogen) atoms. The molecule has 2 aliphatic rings. The van der Waals surface area contributed by atoms with E-state index in [9.17, 15) is 0 Å². The molecule has 0 fully saturated rings. The van der Waals surface area contributed by atoms with Crippen molar-refractivity contribution in [3.05, 3.63) is 186 Å². The molecule has 252 valence electrons. The van der Waals surface area contributed by atoms with Crippen molar-refractivity contribution in [2.75, 3.05) is 4.90 Å². The Morgan fingerprint density at radius 1 is 0.358 bits per heavy atom. The van der Waals surface area contributed by atoms with Crippen LogP contribution in [0.25, 0.3) is 65.3 Å². The van der Waals surface area contributed by atoms with Crippen LogP contribution in [0, 0.1) is 0 Å². The zero-order valence-corrected chi connectivity index (χ0v) is 30.5. The van der Waals surface area contributed by atoms with Crippen molar-refractivity contribution in [3.8, 4) is 22.3 Å². The van der Waals surface area contributed by atoms with Gasteiger partial charge in [0.1, 0.15) is 0 Å². The lowest BCUT2D eigenvalue weighted by Crippen LogP contribution is -2.17. The van der Waals surface area contributed by atoms with Crippen molar-refractivity contribution >= 4 is 60.2 Å². The molecule has 0 heterocycles. The molecule has 0 N–H and O–H groups in total. The van der Waals surface area contributed by atoms with E-state index >= 15 is 0 Å². The number of para-hydroxylation sites is 1. The second kappa shape index (κ2) is 10.7. The lowest BCUT2D eigenvalue weighted by molar-refractivity contribution is 0.661. The molecule has 0 bridgehead atoms. The van der Waals surface area contributed by atoms with Crippen molar-refractivity contribution in [2.45, 2.75) is 38.5 Å². The molecule has 9 aromatic carbocycles. The van der Waals surface area contributed by atoms with Crippen LogP contribution in [0.2, 0.25) is 0 Å². The van der Waals surface area contributed by atoms with Crippen LogP contribution in [-0.4, -0.2) is 0 Å². The maximum absolute atomic E-state index is 2.49. The monoisotopic (exact) mass is 677 g/mol. The van der Waals surface area contributed by atoms with Gasteiger partial charge in [-0.2, -0.15) is 0 Å². The van der Waals surface area contributed by atoms with E-state index in [0.717, 1.165) is 11.4 Å². The Balaban J connectivity index is 1.15. The van der Waals surface area contributed by atoms with Crippen molar-refractivity contribution in [1.82, 2.24) is 0 Å². The first-order valence-corrected chi connectivity index (χ1v) is 18.9. The standard InChI is InChI=1S/C52H39N/c1-51(2)45-30-34-16-9-8-15-33(34)29-43(45)49-41-21-13-12-20-40(41)47(31-46(49)51)53(36-17-6-5-7-18-36)37-24-26-39-35(28-37)22-25-42-48-38-19-11-10-14-32(38)23-27-44(48)52(3,4)50(39)42/h5-31H,1-4H3. The van der Waals surface area contributed by atoms with E-state index in [1.165, 1.54) is 93.3 Å². The van der Waals surface area contributed by atoms with Crippen molar-refractivity contribution in [1.29, 1.82) is 0 Å². The number of hydrogen-bond donors (Lipinski definition) is 0. The van der Waals surface area contributed by atoms with Gasteiger partial charge < -0.3 is 4.90 Å². The highest BCUT2D eigenvalue weighted by atomic mass is 15.1. The van der Waals surface area contributed by atoms with Crippen LogP contribution >= 0.6 is 0 Å². The minimum Gasteiger partial charge on any atom is -0.310 e. The van der Waals surface area contributed by atoms with E-state index < -0.39 is 0 Å². The van der Waals surface area contributed by atoms with Gasteiger partial charge in [0.05, 0.1) is 5.69 Å². The number of rotatable bonds is 3. The maximum Gasteiger partial charge on any atom is 0.0543 e. The number of hydrogen-bond acceptors (Lipinski definition) is 1. The van der Waals surface area contributed by atoms with E-state index in [0.29, 0.717) is 0 Å². The highest BCUT2D eigenvalue weighted by Gasteiger charge is 2.39. The Morgan fingerprint density at radius 3 is 1.79 bits per heavy atom. The van der Waals surface area contributed by atoms with Gasteiger partial charge in [0, 0.05) is 27.6 Å². The fraction of sp³-hybridized carbons (Fsp3) is 0.115. The maximum atomic E-state index is 2.49. The summed E-state index contributed by atoms with van der Waals surface area (Å²) in [4.78, 5) is 2.48. The van der Waals surface area contributed by atoms with Gasteiger partial charge in [-0.25, -0.2) is 0 Å². The van der Waals surface area contributed by atoms with E-state index in [-0.39, 0.29) is 10.8 Å². The molecule has 0 amide bonds. The summed E-state index contributed by atoms with van der Waals surface area (Å²) in [6.07, 6.45) is 0. The van der Waals surface area contributed by atoms with Crippen LogP contribution in [0.5, 0.6) is 0 Å². The van der Waals surface area contributed by atoms with Crippen LogP contribution in [0.3, 0.4) is 0 Å². The molecule has 0 saturated heterocycles. The summed E-state index contributed by atoms with van der Waals surface area (Å²) in [5, 5.41) is 10.4. The summed E-state index contributed by atoms with van der Waals surface area (Å²) in [5.41, 5.74) is 14.3. The van der Waals surface area contributed by atoms with Gasteiger partial charge in [0.2, 0.25) is 0 Å². The molecule has 0 aromatic heterocycles. The summed E-state index contributed by atoms with van der Waals surface area (Å²) >= 11 is 0. The Labute approximate surface area is 310 Å². The SMILES string of the molecule is CC1(C)c2cc3ccccc3cc2-c2c1cc(N(c1ccccc1)c1ccc3c4c(ccc3c1)-c1c(ccc3ccccc13)C4(C)C)c1ccccc21. The fourth-order valence-electron chi connectivity index (χ4n) is 9.99. The topological polar surface area (TPSA) is 3.24 Å². The third-order valence-corrected chi connectivity index (χ3v) is 12.5. The van der Waals surface area contributed by atoms with Crippen molar-refractivity contribution < 1.29 is 0 Å². The second-order valence-electron chi connectivity index (χ2n) is 16.1. The highest BCUT2D eigenvalue weighted by Crippen LogP contribution is 2.57. The third kappa shape index (κ3) is 4.14. The molecule has 0 aliphatic heterocycles. The van der Waals surface area contributed by atoms with Crippen LogP contribution in [-0.2, 0) is 10.8 Å². The molecule has 11 rings (SSSR count). The minimum atomic E-state index is -0.162. The summed E-state index contributed by atoms with van der Waals surface area (Å²) < 4.78 is 0. The Hall–Kier alpha value is -6.18. The molecular formula is C52H39N. The number of fused-ring (bicyclic) bond motifs is 13. The van der Waals surface area contributed by atoms with Gasteiger partial charge in [-0.1, -0.05) is 149 Å². The van der Waals surface area contributed by atoms with E-state index in [4.69, 9.17) is 0 Å². The average Bonchev–Trinajstić information content (AvgIpc) is 3.56. The lowest BCUT2D eigenvalue weighted by atomic mass is 9.80. The molecule has 0 unspecified atom stereocenters. The molecule has 2 aliphatic carbocycles. The zero-order chi connectivity index (χ0) is 35.6. The molecule has 0 saturated carbocycles. The van der Waals surface area contributed by atoms with Crippen LogP contribution in [0.1, 0.15) is 49.9 Å². The molecule has 1 nitrogen and oxygen atoms in total. The predicted octanol–water partition coefficient (Wildman–Crippen LogP) is 14.4. The third-order valence-electron chi connectivity index (χ3n) is 12.5. The van der Waals surface area contributed by atoms with Crippen LogP contribution < -0.4 is 4.90 Å². The summed E-state index contributed by atoms with van der Waals surface area (Å²) in [5.74, 6) is 0. The lowest BCUT2D eigenvalue weighted by Gasteiger charge is -2.30. The normalized spacial score (nSPS) is 14.7. The Morgan fingerprint density at radius 2 is 1.00 bits per heavy atom. The summed E-state index contributed by atoms with van der Waals surface area (Å²) in [6, 6.07) is 61.4. The molecule has 9 aromatic rings. The summed E-state index contributed by atoms with van der Waals surface area (Å²) in [6.45, 7) is 9.60. The van der Waals surface area contributed by atoms with Gasteiger partial charge >= 0.3 is 0 Å². The number of nitrogens with zero attached hydrogens (tertiary/aromatic N) is 1. The zero-order valence-electron chi connectivity index (χ0n) is 30.5. The fourth-order valence-corrected chi connectivity index (χ4v) is 9.99. The molecule has 0 spiro atoms. The first-order chi connectivity index (χ1) is 25.8. The highest BCUT2D eigenvalue weighted by molar-refractivity contribution is 6.12. The average molecular weight is 678 g/mol.